The van der Waals surface area contributed by atoms with Gasteiger partial charge in [0.2, 0.25) is 0 Å². The maximum Gasteiger partial charge on any atom is 0.123 e. The van der Waals surface area contributed by atoms with Gasteiger partial charge in [-0.25, -0.2) is 4.39 Å². The second-order valence-electron chi connectivity index (χ2n) is 5.15. The third-order valence-electron chi connectivity index (χ3n) is 4.11. The average molecular weight is 255 g/mol. The first-order chi connectivity index (χ1) is 9.29. The molecule has 0 saturated carbocycles. The van der Waals surface area contributed by atoms with Gasteiger partial charge in [-0.05, 0) is 48.7 Å². The number of hydrogen-bond acceptors (Lipinski definition) is 1. The first kappa shape index (κ1) is 12.4. The van der Waals surface area contributed by atoms with Crippen LogP contribution in [0.5, 0.6) is 0 Å². The van der Waals surface area contributed by atoms with Crippen LogP contribution in [-0.4, -0.2) is 7.05 Å². The zero-order chi connectivity index (χ0) is 13.2. The number of fused-ring (bicyclic) bond motifs is 1. The molecule has 2 heteroatoms. The Morgan fingerprint density at radius 1 is 0.947 bits per heavy atom. The van der Waals surface area contributed by atoms with E-state index in [4.69, 9.17) is 0 Å². The van der Waals surface area contributed by atoms with Crippen LogP contribution in [-0.2, 0) is 0 Å². The summed E-state index contributed by atoms with van der Waals surface area (Å²) in [5.74, 6) is 0.224. The molecule has 2 aromatic carbocycles. The van der Waals surface area contributed by atoms with E-state index in [2.05, 4.69) is 29.6 Å². The van der Waals surface area contributed by atoms with Crippen molar-refractivity contribution in [2.45, 2.75) is 24.8 Å². The SMILES string of the molecule is CN[C@@H]1CC[C@@H](c2ccc(F)cc2)c2ccccc21. The molecule has 2 atom stereocenters. The topological polar surface area (TPSA) is 12.0 Å². The fraction of sp³-hybridized carbons (Fsp3) is 0.294. The summed E-state index contributed by atoms with van der Waals surface area (Å²) in [7, 11) is 2.01. The van der Waals surface area contributed by atoms with Gasteiger partial charge in [0.05, 0.1) is 0 Å². The maximum absolute atomic E-state index is 13.1. The minimum absolute atomic E-state index is 0.166. The summed E-state index contributed by atoms with van der Waals surface area (Å²) in [5.41, 5.74) is 3.97. The minimum Gasteiger partial charge on any atom is -0.313 e. The molecule has 0 fully saturated rings. The Morgan fingerprint density at radius 2 is 1.63 bits per heavy atom. The zero-order valence-electron chi connectivity index (χ0n) is 11.1. The van der Waals surface area contributed by atoms with Crippen molar-refractivity contribution in [3.63, 3.8) is 0 Å². The lowest BCUT2D eigenvalue weighted by Gasteiger charge is -2.31. The van der Waals surface area contributed by atoms with Crippen molar-refractivity contribution >= 4 is 0 Å². The number of benzene rings is 2. The zero-order valence-corrected chi connectivity index (χ0v) is 11.1. The molecule has 1 nitrogen and oxygen atoms in total. The van der Waals surface area contributed by atoms with Crippen LogP contribution in [0.4, 0.5) is 4.39 Å². The molecular formula is C17H18FN. The maximum atomic E-state index is 13.1. The van der Waals surface area contributed by atoms with Gasteiger partial charge in [0.1, 0.15) is 5.82 Å². The normalized spacial score (nSPS) is 22.0. The monoisotopic (exact) mass is 255 g/mol. The largest absolute Gasteiger partial charge is 0.313 e. The van der Waals surface area contributed by atoms with Gasteiger partial charge in [0.15, 0.2) is 0 Å². The molecule has 1 N–H and O–H groups in total. The molecule has 0 aliphatic heterocycles. The van der Waals surface area contributed by atoms with Gasteiger partial charge in [0, 0.05) is 12.0 Å². The van der Waals surface area contributed by atoms with E-state index < -0.39 is 0 Å². The molecule has 0 spiro atoms. The highest BCUT2D eigenvalue weighted by atomic mass is 19.1. The van der Waals surface area contributed by atoms with E-state index in [9.17, 15) is 4.39 Å². The smallest absolute Gasteiger partial charge is 0.123 e. The molecule has 2 aromatic rings. The first-order valence-corrected chi connectivity index (χ1v) is 6.81. The molecule has 1 aliphatic rings. The molecule has 3 rings (SSSR count). The molecule has 0 amide bonds. The van der Waals surface area contributed by atoms with Gasteiger partial charge in [-0.3, -0.25) is 0 Å². The van der Waals surface area contributed by atoms with Gasteiger partial charge in [-0.1, -0.05) is 36.4 Å². The minimum atomic E-state index is -0.166. The lowest BCUT2D eigenvalue weighted by Crippen LogP contribution is -2.24. The molecule has 0 saturated heterocycles. The Balaban J connectivity index is 2.02. The van der Waals surface area contributed by atoms with E-state index in [0.29, 0.717) is 12.0 Å². The average Bonchev–Trinajstić information content (AvgIpc) is 2.47. The van der Waals surface area contributed by atoms with Gasteiger partial charge in [0.25, 0.3) is 0 Å². The summed E-state index contributed by atoms with van der Waals surface area (Å²) in [4.78, 5) is 0. The highest BCUT2D eigenvalue weighted by molar-refractivity contribution is 5.41. The van der Waals surface area contributed by atoms with Crippen LogP contribution >= 0.6 is 0 Å². The number of halogens is 1. The Bertz CT molecular complexity index is 562. The van der Waals surface area contributed by atoms with Crippen molar-refractivity contribution in [2.24, 2.45) is 0 Å². The first-order valence-electron chi connectivity index (χ1n) is 6.81. The Labute approximate surface area is 113 Å². The van der Waals surface area contributed by atoms with Gasteiger partial charge < -0.3 is 5.32 Å². The Kier molecular flexibility index (Phi) is 3.34. The van der Waals surface area contributed by atoms with Crippen molar-refractivity contribution in [2.75, 3.05) is 7.05 Å². The molecule has 98 valence electrons. The van der Waals surface area contributed by atoms with E-state index in [0.717, 1.165) is 12.8 Å². The summed E-state index contributed by atoms with van der Waals surface area (Å²) in [5, 5.41) is 3.38. The van der Waals surface area contributed by atoms with Crippen molar-refractivity contribution in [1.82, 2.24) is 5.32 Å². The molecule has 19 heavy (non-hydrogen) atoms. The molecule has 0 radical (unpaired) electrons. The van der Waals surface area contributed by atoms with E-state index in [1.165, 1.54) is 16.7 Å². The number of rotatable bonds is 2. The number of nitrogens with one attached hydrogen (secondary N) is 1. The van der Waals surface area contributed by atoms with Crippen LogP contribution < -0.4 is 5.32 Å². The highest BCUT2D eigenvalue weighted by Crippen LogP contribution is 2.40. The highest BCUT2D eigenvalue weighted by Gasteiger charge is 2.26. The van der Waals surface area contributed by atoms with Crippen molar-refractivity contribution in [1.29, 1.82) is 0 Å². The molecule has 0 bridgehead atoms. The number of hydrogen-bond donors (Lipinski definition) is 1. The molecular weight excluding hydrogens is 237 g/mol. The van der Waals surface area contributed by atoms with Crippen molar-refractivity contribution in [3.05, 3.63) is 71.0 Å². The third-order valence-corrected chi connectivity index (χ3v) is 4.11. The second-order valence-corrected chi connectivity index (χ2v) is 5.15. The Morgan fingerprint density at radius 3 is 2.32 bits per heavy atom. The van der Waals surface area contributed by atoms with Gasteiger partial charge in [-0.15, -0.1) is 0 Å². The van der Waals surface area contributed by atoms with Crippen molar-refractivity contribution < 1.29 is 4.39 Å². The van der Waals surface area contributed by atoms with Crippen LogP contribution in [0.15, 0.2) is 48.5 Å². The second kappa shape index (κ2) is 5.14. The quantitative estimate of drug-likeness (QED) is 0.855. The standard InChI is InChI=1S/C17H18FN/c1-19-17-11-10-14(12-6-8-13(18)9-7-12)15-4-2-3-5-16(15)17/h2-9,14,17,19H,10-11H2,1H3/t14-,17+/m0/s1. The fourth-order valence-electron chi connectivity index (χ4n) is 3.13. The molecule has 0 heterocycles. The van der Waals surface area contributed by atoms with Crippen LogP contribution in [0, 0.1) is 5.82 Å². The Hall–Kier alpha value is -1.67. The van der Waals surface area contributed by atoms with Gasteiger partial charge >= 0.3 is 0 Å². The van der Waals surface area contributed by atoms with E-state index in [1.54, 1.807) is 12.1 Å². The summed E-state index contributed by atoms with van der Waals surface area (Å²) >= 11 is 0. The predicted molar refractivity (Wildman–Crippen MR) is 75.7 cm³/mol. The van der Waals surface area contributed by atoms with Crippen LogP contribution in [0.3, 0.4) is 0 Å². The lowest BCUT2D eigenvalue weighted by molar-refractivity contribution is 0.470. The summed E-state index contributed by atoms with van der Waals surface area (Å²) in [6.45, 7) is 0. The fourth-order valence-corrected chi connectivity index (χ4v) is 3.13. The molecule has 0 aromatic heterocycles. The third kappa shape index (κ3) is 2.28. The van der Waals surface area contributed by atoms with Crippen LogP contribution in [0.2, 0.25) is 0 Å². The summed E-state index contributed by atoms with van der Waals surface area (Å²) < 4.78 is 13.1. The van der Waals surface area contributed by atoms with E-state index in [1.807, 2.05) is 19.2 Å². The summed E-state index contributed by atoms with van der Waals surface area (Å²) in [6.07, 6.45) is 2.23. The van der Waals surface area contributed by atoms with Crippen molar-refractivity contribution in [3.8, 4) is 0 Å². The van der Waals surface area contributed by atoms with E-state index in [-0.39, 0.29) is 5.82 Å². The van der Waals surface area contributed by atoms with Crippen LogP contribution in [0.1, 0.15) is 41.5 Å². The predicted octanol–water partition coefficient (Wildman–Crippen LogP) is 4.01. The van der Waals surface area contributed by atoms with E-state index >= 15 is 0 Å². The molecule has 1 aliphatic carbocycles. The lowest BCUT2D eigenvalue weighted by atomic mass is 9.77. The molecule has 0 unspecified atom stereocenters. The van der Waals surface area contributed by atoms with Gasteiger partial charge in [-0.2, -0.15) is 0 Å². The van der Waals surface area contributed by atoms with Crippen LogP contribution in [0.25, 0.3) is 0 Å². The summed E-state index contributed by atoms with van der Waals surface area (Å²) in [6, 6.07) is 16.0.